The Bertz CT molecular complexity index is 862. The molecule has 1 fully saturated rings. The normalized spacial score (nSPS) is 17.5. The van der Waals surface area contributed by atoms with Crippen LogP contribution < -0.4 is 4.74 Å². The number of nitrogens with zero attached hydrogens (tertiary/aromatic N) is 3. The Morgan fingerprint density at radius 2 is 1.92 bits per heavy atom. The molecule has 0 saturated carbocycles. The number of ether oxygens (including phenoxy) is 1. The smallest absolute Gasteiger partial charge is 0.241 e. The molecular formula is C20H20ClN3O2. The molecule has 2 aromatic carbocycles. The molecule has 6 heteroatoms. The minimum atomic E-state index is 0.367. The molecule has 1 aromatic heterocycles. The number of halogens is 1. The van der Waals surface area contributed by atoms with E-state index in [0.29, 0.717) is 29.3 Å². The van der Waals surface area contributed by atoms with E-state index in [4.69, 9.17) is 20.9 Å². The van der Waals surface area contributed by atoms with Gasteiger partial charge in [-0.25, -0.2) is 0 Å². The van der Waals surface area contributed by atoms with Crippen molar-refractivity contribution in [3.05, 3.63) is 65.0 Å². The predicted octanol–water partition coefficient (Wildman–Crippen LogP) is 4.74. The van der Waals surface area contributed by atoms with Gasteiger partial charge in [-0.1, -0.05) is 28.9 Å². The second-order valence-corrected chi connectivity index (χ2v) is 6.86. The predicted molar refractivity (Wildman–Crippen MR) is 100 cm³/mol. The van der Waals surface area contributed by atoms with E-state index in [1.54, 1.807) is 7.11 Å². The molecule has 0 N–H and O–H groups in total. The number of benzene rings is 2. The van der Waals surface area contributed by atoms with Crippen LogP contribution in [0.3, 0.4) is 0 Å². The fraction of sp³-hybridized carbons (Fsp3) is 0.300. The quantitative estimate of drug-likeness (QED) is 0.650. The highest BCUT2D eigenvalue weighted by Crippen LogP contribution is 2.34. The number of hydrogen-bond donors (Lipinski definition) is 0. The van der Waals surface area contributed by atoms with Crippen molar-refractivity contribution < 1.29 is 9.26 Å². The van der Waals surface area contributed by atoms with E-state index in [-0.39, 0.29) is 0 Å². The van der Waals surface area contributed by atoms with E-state index in [0.717, 1.165) is 30.7 Å². The van der Waals surface area contributed by atoms with Crippen LogP contribution in [0.2, 0.25) is 5.02 Å². The summed E-state index contributed by atoms with van der Waals surface area (Å²) >= 11 is 5.93. The summed E-state index contributed by atoms with van der Waals surface area (Å²) in [6, 6.07) is 16.1. The number of likely N-dealkylation sites (tertiary alicyclic amines) is 1. The van der Waals surface area contributed by atoms with E-state index in [1.165, 1.54) is 5.56 Å². The van der Waals surface area contributed by atoms with Crippen LogP contribution in [-0.4, -0.2) is 28.7 Å². The van der Waals surface area contributed by atoms with Gasteiger partial charge >= 0.3 is 0 Å². The molecule has 5 nitrogen and oxygen atoms in total. The SMILES string of the molecule is COc1ccc([C@H]2CCCN2Cc2nc(-c3ccc(Cl)cc3)no2)cc1. The van der Waals surface area contributed by atoms with Crippen molar-refractivity contribution in [2.24, 2.45) is 0 Å². The molecule has 134 valence electrons. The maximum atomic E-state index is 5.93. The van der Waals surface area contributed by atoms with Gasteiger partial charge in [0, 0.05) is 16.6 Å². The third kappa shape index (κ3) is 3.59. The topological polar surface area (TPSA) is 51.4 Å². The number of hydrogen-bond acceptors (Lipinski definition) is 5. The van der Waals surface area contributed by atoms with Crippen LogP contribution in [0, 0.1) is 0 Å². The van der Waals surface area contributed by atoms with Gasteiger partial charge in [0.25, 0.3) is 0 Å². The standard InChI is InChI=1S/C20H20ClN3O2/c1-25-17-10-6-14(7-11-17)18-3-2-12-24(18)13-19-22-20(23-26-19)15-4-8-16(21)9-5-15/h4-11,18H,2-3,12-13H2,1H3/t18-/m1/s1. The zero-order chi connectivity index (χ0) is 17.9. The summed E-state index contributed by atoms with van der Waals surface area (Å²) in [7, 11) is 1.69. The maximum Gasteiger partial charge on any atom is 0.241 e. The Morgan fingerprint density at radius 3 is 2.65 bits per heavy atom. The fourth-order valence-corrected chi connectivity index (χ4v) is 3.55. The Kier molecular flexibility index (Phi) is 4.91. The molecule has 1 saturated heterocycles. The summed E-state index contributed by atoms with van der Waals surface area (Å²) in [6.45, 7) is 1.67. The highest BCUT2D eigenvalue weighted by atomic mass is 35.5. The minimum absolute atomic E-state index is 0.367. The van der Waals surface area contributed by atoms with Gasteiger partial charge in [0.1, 0.15) is 5.75 Å². The van der Waals surface area contributed by atoms with Gasteiger partial charge in [-0.2, -0.15) is 4.98 Å². The second-order valence-electron chi connectivity index (χ2n) is 6.42. The van der Waals surface area contributed by atoms with E-state index >= 15 is 0 Å². The molecule has 1 aliphatic heterocycles. The lowest BCUT2D eigenvalue weighted by atomic mass is 10.0. The zero-order valence-electron chi connectivity index (χ0n) is 14.6. The summed E-state index contributed by atoms with van der Waals surface area (Å²) in [5.74, 6) is 2.11. The molecule has 2 heterocycles. The average molecular weight is 370 g/mol. The Labute approximate surface area is 157 Å². The first-order valence-electron chi connectivity index (χ1n) is 8.69. The molecule has 3 aromatic rings. The van der Waals surface area contributed by atoms with Crippen molar-refractivity contribution in [2.45, 2.75) is 25.4 Å². The summed E-state index contributed by atoms with van der Waals surface area (Å²) in [5, 5.41) is 4.80. The summed E-state index contributed by atoms with van der Waals surface area (Å²) in [5.41, 5.74) is 2.19. The van der Waals surface area contributed by atoms with E-state index in [9.17, 15) is 0 Å². The Balaban J connectivity index is 1.48. The fourth-order valence-electron chi connectivity index (χ4n) is 3.43. The lowest BCUT2D eigenvalue weighted by Gasteiger charge is -2.23. The van der Waals surface area contributed by atoms with Crippen LogP contribution in [0.25, 0.3) is 11.4 Å². The average Bonchev–Trinajstić information content (AvgIpc) is 3.33. The largest absolute Gasteiger partial charge is 0.497 e. The monoisotopic (exact) mass is 369 g/mol. The third-order valence-corrected chi connectivity index (χ3v) is 5.03. The lowest BCUT2D eigenvalue weighted by Crippen LogP contribution is -2.22. The maximum absolute atomic E-state index is 5.93. The molecule has 4 rings (SSSR count). The van der Waals surface area contributed by atoms with Crippen LogP contribution in [0.1, 0.15) is 30.3 Å². The van der Waals surface area contributed by atoms with Crippen LogP contribution in [0.4, 0.5) is 0 Å². The highest BCUT2D eigenvalue weighted by Gasteiger charge is 2.27. The number of methoxy groups -OCH3 is 1. The second kappa shape index (κ2) is 7.48. The molecule has 0 spiro atoms. The molecule has 0 bridgehead atoms. The Morgan fingerprint density at radius 1 is 1.15 bits per heavy atom. The van der Waals surface area contributed by atoms with Crippen LogP contribution >= 0.6 is 11.6 Å². The lowest BCUT2D eigenvalue weighted by molar-refractivity contribution is 0.212. The van der Waals surface area contributed by atoms with E-state index in [1.807, 2.05) is 36.4 Å². The summed E-state index contributed by atoms with van der Waals surface area (Å²) < 4.78 is 10.7. The molecule has 0 amide bonds. The molecule has 1 atom stereocenters. The third-order valence-electron chi connectivity index (χ3n) is 4.77. The van der Waals surface area contributed by atoms with Crippen molar-refractivity contribution in [1.82, 2.24) is 15.0 Å². The van der Waals surface area contributed by atoms with Gasteiger partial charge in [-0.3, -0.25) is 4.90 Å². The molecular weight excluding hydrogens is 350 g/mol. The van der Waals surface area contributed by atoms with Crippen LogP contribution in [0.15, 0.2) is 53.1 Å². The molecule has 0 unspecified atom stereocenters. The van der Waals surface area contributed by atoms with Crippen molar-refractivity contribution >= 4 is 11.6 Å². The molecule has 1 aliphatic rings. The van der Waals surface area contributed by atoms with Gasteiger partial charge in [0.15, 0.2) is 0 Å². The van der Waals surface area contributed by atoms with E-state index in [2.05, 4.69) is 27.2 Å². The number of rotatable bonds is 5. The van der Waals surface area contributed by atoms with Gasteiger partial charge in [0.05, 0.1) is 13.7 Å². The Hall–Kier alpha value is -2.37. The minimum Gasteiger partial charge on any atom is -0.497 e. The van der Waals surface area contributed by atoms with E-state index < -0.39 is 0 Å². The first-order valence-corrected chi connectivity index (χ1v) is 9.07. The summed E-state index contributed by atoms with van der Waals surface area (Å²) in [6.07, 6.45) is 2.29. The summed E-state index contributed by atoms with van der Waals surface area (Å²) in [4.78, 5) is 6.94. The van der Waals surface area contributed by atoms with Crippen molar-refractivity contribution in [3.63, 3.8) is 0 Å². The van der Waals surface area contributed by atoms with Gasteiger partial charge in [0.2, 0.25) is 11.7 Å². The molecule has 0 radical (unpaired) electrons. The first-order chi connectivity index (χ1) is 12.7. The van der Waals surface area contributed by atoms with Crippen molar-refractivity contribution in [3.8, 4) is 17.1 Å². The number of aromatic nitrogens is 2. The van der Waals surface area contributed by atoms with Gasteiger partial charge in [-0.05, 0) is 61.3 Å². The van der Waals surface area contributed by atoms with Crippen LogP contribution in [-0.2, 0) is 6.54 Å². The van der Waals surface area contributed by atoms with Gasteiger partial charge < -0.3 is 9.26 Å². The van der Waals surface area contributed by atoms with Gasteiger partial charge in [-0.15, -0.1) is 0 Å². The molecule has 26 heavy (non-hydrogen) atoms. The molecule has 0 aliphatic carbocycles. The van der Waals surface area contributed by atoms with Crippen molar-refractivity contribution in [1.29, 1.82) is 0 Å². The van der Waals surface area contributed by atoms with Crippen molar-refractivity contribution in [2.75, 3.05) is 13.7 Å². The first kappa shape index (κ1) is 17.1. The highest BCUT2D eigenvalue weighted by molar-refractivity contribution is 6.30. The zero-order valence-corrected chi connectivity index (χ0v) is 15.3. The van der Waals surface area contributed by atoms with Crippen LogP contribution in [0.5, 0.6) is 5.75 Å².